The van der Waals surface area contributed by atoms with Gasteiger partial charge in [-0.2, -0.15) is 0 Å². The van der Waals surface area contributed by atoms with Crippen LogP contribution in [0, 0.1) is 0 Å². The lowest BCUT2D eigenvalue weighted by Crippen LogP contribution is -2.17. The van der Waals surface area contributed by atoms with Gasteiger partial charge in [0, 0.05) is 0 Å². The van der Waals surface area contributed by atoms with Gasteiger partial charge < -0.3 is 9.47 Å². The van der Waals surface area contributed by atoms with Crippen LogP contribution in [-0.2, 0) is 6.61 Å². The molecule has 2 aromatic heterocycles. The van der Waals surface area contributed by atoms with Gasteiger partial charge in [0.2, 0.25) is 0 Å². The van der Waals surface area contributed by atoms with Crippen molar-refractivity contribution < 1.29 is 22.6 Å². The van der Waals surface area contributed by atoms with Gasteiger partial charge in [0.1, 0.15) is 18.1 Å². The third-order valence-corrected chi connectivity index (χ3v) is 3.02. The van der Waals surface area contributed by atoms with Crippen molar-refractivity contribution in [3.63, 3.8) is 0 Å². The summed E-state index contributed by atoms with van der Waals surface area (Å²) in [6.45, 7) is 0.0664. The second-order valence-electron chi connectivity index (χ2n) is 4.67. The topological polar surface area (TPSA) is 75.0 Å². The van der Waals surface area contributed by atoms with Crippen LogP contribution in [0.4, 0.5) is 13.2 Å². The van der Waals surface area contributed by atoms with Gasteiger partial charge in [-0.3, -0.25) is 0 Å². The number of hydrogen-bond donors (Lipinski definition) is 0. The molecule has 0 saturated heterocycles. The highest BCUT2D eigenvalue weighted by Gasteiger charge is 2.30. The Morgan fingerprint density at radius 3 is 2.40 bits per heavy atom. The van der Waals surface area contributed by atoms with Gasteiger partial charge in [0.05, 0.1) is 29.3 Å². The molecule has 25 heavy (non-hydrogen) atoms. The van der Waals surface area contributed by atoms with Crippen LogP contribution in [0.25, 0.3) is 5.69 Å². The zero-order valence-electron chi connectivity index (χ0n) is 12.3. The molecule has 0 unspecified atom stereocenters. The van der Waals surface area contributed by atoms with Crippen LogP contribution in [-0.4, -0.2) is 31.3 Å². The number of nitrogens with zero attached hydrogens (tertiary/aromatic N) is 5. The van der Waals surface area contributed by atoms with E-state index >= 15 is 0 Å². The van der Waals surface area contributed by atoms with Gasteiger partial charge >= 0.3 is 12.4 Å². The first-order valence-electron chi connectivity index (χ1n) is 6.77. The smallest absolute Gasteiger partial charge is 0.457 e. The van der Waals surface area contributed by atoms with Crippen LogP contribution in [0.3, 0.4) is 0 Å². The average molecular weight is 372 g/mol. The maximum Gasteiger partial charge on any atom is 0.573 e. The summed E-state index contributed by atoms with van der Waals surface area (Å²) in [5, 5.41) is 8.17. The summed E-state index contributed by atoms with van der Waals surface area (Å²) in [5.74, 6) is -0.320. The number of hydrogen-bond acceptors (Lipinski definition) is 6. The normalized spacial score (nSPS) is 11.4. The SMILES string of the molecule is FC(F)(F)Oc1ccc(-n2cc(COc3ncc(Cl)cn3)nn2)cc1. The molecule has 3 rings (SSSR count). The zero-order valence-corrected chi connectivity index (χ0v) is 13.1. The van der Waals surface area contributed by atoms with Crippen molar-refractivity contribution in [1.82, 2.24) is 25.0 Å². The lowest BCUT2D eigenvalue weighted by Gasteiger charge is -2.08. The predicted octanol–water partition coefficient (Wildman–Crippen LogP) is 3.19. The van der Waals surface area contributed by atoms with Crippen LogP contribution in [0.5, 0.6) is 11.8 Å². The van der Waals surface area contributed by atoms with Gasteiger partial charge in [-0.15, -0.1) is 18.3 Å². The van der Waals surface area contributed by atoms with E-state index < -0.39 is 6.36 Å². The molecule has 7 nitrogen and oxygen atoms in total. The second-order valence-corrected chi connectivity index (χ2v) is 5.11. The Labute approximate surface area is 144 Å². The highest BCUT2D eigenvalue weighted by atomic mass is 35.5. The monoisotopic (exact) mass is 371 g/mol. The molecule has 0 aliphatic rings. The van der Waals surface area contributed by atoms with Crippen LogP contribution < -0.4 is 9.47 Å². The van der Waals surface area contributed by atoms with Gasteiger partial charge in [0.25, 0.3) is 0 Å². The van der Waals surface area contributed by atoms with E-state index in [9.17, 15) is 13.2 Å². The molecule has 0 bridgehead atoms. The molecule has 0 fully saturated rings. The van der Waals surface area contributed by atoms with Gasteiger partial charge in [-0.05, 0) is 24.3 Å². The van der Waals surface area contributed by atoms with Crippen molar-refractivity contribution in [2.24, 2.45) is 0 Å². The minimum absolute atomic E-state index is 0.0664. The maximum atomic E-state index is 12.1. The fourth-order valence-electron chi connectivity index (χ4n) is 1.80. The van der Waals surface area contributed by atoms with Crippen molar-refractivity contribution in [2.75, 3.05) is 0 Å². The van der Waals surface area contributed by atoms with Crippen molar-refractivity contribution in [2.45, 2.75) is 13.0 Å². The molecule has 0 saturated carbocycles. The highest BCUT2D eigenvalue weighted by molar-refractivity contribution is 6.30. The number of rotatable bonds is 5. The van der Waals surface area contributed by atoms with E-state index in [1.165, 1.54) is 41.3 Å². The summed E-state index contributed by atoms with van der Waals surface area (Å²) in [5.41, 5.74) is 0.991. The Kier molecular flexibility index (Phi) is 4.70. The minimum atomic E-state index is -4.73. The van der Waals surface area contributed by atoms with E-state index in [1.54, 1.807) is 6.20 Å². The molecule has 0 spiro atoms. The van der Waals surface area contributed by atoms with E-state index in [0.29, 0.717) is 16.4 Å². The Bertz CT molecular complexity index is 837. The van der Waals surface area contributed by atoms with Crippen molar-refractivity contribution in [3.8, 4) is 17.4 Å². The van der Waals surface area contributed by atoms with Crippen molar-refractivity contribution >= 4 is 11.6 Å². The Balaban J connectivity index is 1.63. The molecule has 3 aromatic rings. The molecular weight excluding hydrogens is 363 g/mol. The molecular formula is C14H9ClF3N5O2. The molecule has 0 atom stereocenters. The summed E-state index contributed by atoms with van der Waals surface area (Å²) >= 11 is 5.67. The summed E-state index contributed by atoms with van der Waals surface area (Å²) in [7, 11) is 0. The molecule has 0 aliphatic carbocycles. The number of ether oxygens (including phenoxy) is 2. The minimum Gasteiger partial charge on any atom is -0.457 e. The summed E-state index contributed by atoms with van der Waals surface area (Å²) in [6, 6.07) is 5.34. The second kappa shape index (κ2) is 6.93. The van der Waals surface area contributed by atoms with Gasteiger partial charge in [0.15, 0.2) is 0 Å². The van der Waals surface area contributed by atoms with Crippen LogP contribution in [0.2, 0.25) is 5.02 Å². The molecule has 0 radical (unpaired) electrons. The van der Waals surface area contributed by atoms with E-state index in [0.717, 1.165) is 0 Å². The maximum absolute atomic E-state index is 12.1. The van der Waals surface area contributed by atoms with E-state index in [-0.39, 0.29) is 18.4 Å². The van der Waals surface area contributed by atoms with Crippen LogP contribution in [0.1, 0.15) is 5.69 Å². The molecule has 0 aliphatic heterocycles. The zero-order chi connectivity index (χ0) is 17.9. The number of halogens is 4. The highest BCUT2D eigenvalue weighted by Crippen LogP contribution is 2.23. The molecule has 0 N–H and O–H groups in total. The largest absolute Gasteiger partial charge is 0.573 e. The lowest BCUT2D eigenvalue weighted by molar-refractivity contribution is -0.274. The summed E-state index contributed by atoms with van der Waals surface area (Å²) < 4.78 is 46.9. The molecule has 2 heterocycles. The molecule has 1 aromatic carbocycles. The van der Waals surface area contributed by atoms with Crippen molar-refractivity contribution in [3.05, 3.63) is 53.6 Å². The Morgan fingerprint density at radius 1 is 1.08 bits per heavy atom. The van der Waals surface area contributed by atoms with Crippen molar-refractivity contribution in [1.29, 1.82) is 0 Å². The Hall–Kier alpha value is -2.88. The van der Waals surface area contributed by atoms with Gasteiger partial charge in [-0.25, -0.2) is 14.6 Å². The van der Waals surface area contributed by atoms with E-state index in [1.807, 2.05) is 0 Å². The quantitative estimate of drug-likeness (QED) is 0.685. The standard InChI is InChI=1S/C14H9ClF3N5O2/c15-9-5-19-13(20-6-9)24-8-10-7-23(22-21-10)11-1-3-12(4-2-11)25-14(16,17)18/h1-7H,8H2. The first-order valence-corrected chi connectivity index (χ1v) is 7.14. The fraction of sp³-hybridized carbons (Fsp3) is 0.143. The average Bonchev–Trinajstić information content (AvgIpc) is 3.02. The summed E-state index contributed by atoms with van der Waals surface area (Å²) in [6.07, 6.45) is -0.380. The molecule has 130 valence electrons. The molecule has 0 amide bonds. The fourth-order valence-corrected chi connectivity index (χ4v) is 1.90. The van der Waals surface area contributed by atoms with E-state index in [4.69, 9.17) is 16.3 Å². The third kappa shape index (κ3) is 4.80. The summed E-state index contributed by atoms with van der Waals surface area (Å²) in [4.78, 5) is 7.74. The number of benzene rings is 1. The van der Waals surface area contributed by atoms with Gasteiger partial charge in [-0.1, -0.05) is 16.8 Å². The predicted molar refractivity (Wildman–Crippen MR) is 79.4 cm³/mol. The Morgan fingerprint density at radius 2 is 1.76 bits per heavy atom. The van der Waals surface area contributed by atoms with E-state index in [2.05, 4.69) is 25.0 Å². The third-order valence-electron chi connectivity index (χ3n) is 2.82. The lowest BCUT2D eigenvalue weighted by atomic mass is 10.3. The number of alkyl halides is 3. The first-order chi connectivity index (χ1) is 11.9. The first kappa shape index (κ1) is 17.0. The number of aromatic nitrogens is 5. The van der Waals surface area contributed by atoms with Crippen LogP contribution >= 0.6 is 11.6 Å². The van der Waals surface area contributed by atoms with Crippen LogP contribution in [0.15, 0.2) is 42.9 Å². The molecule has 11 heteroatoms.